The van der Waals surface area contributed by atoms with E-state index in [0.717, 1.165) is 47.7 Å². The number of alkyl carbamates (subject to hydrolysis) is 1. The molecule has 9 heteroatoms. The number of fused-ring (bicyclic) bond motifs is 1. The van der Waals surface area contributed by atoms with Crippen molar-refractivity contribution in [3.63, 3.8) is 0 Å². The standard InChI is InChI=1S/C25H32ClN5O3/c1-15-16(2)31-21(23(32)27-15)19(13-17-9-6-7-11-20(17)26)22(29-31)30-12-8-10-18(14-30)28-24(33)34-25(3,4)5/h6-7,9,11,18H,8,10,12-14H2,1-5H3,(H,27,32)(H,28,33). The van der Waals surface area contributed by atoms with Crippen molar-refractivity contribution in [2.24, 2.45) is 0 Å². The fraction of sp³-hybridized carbons (Fsp3) is 0.480. The predicted octanol–water partition coefficient (Wildman–Crippen LogP) is 4.38. The number of aryl methyl sites for hydroxylation is 2. The average Bonchev–Trinajstić information content (AvgIpc) is 3.12. The number of benzene rings is 1. The lowest BCUT2D eigenvalue weighted by Crippen LogP contribution is -2.49. The molecule has 1 aromatic carbocycles. The number of aromatic amines is 1. The number of piperidine rings is 1. The number of H-pyrrole nitrogens is 1. The van der Waals surface area contributed by atoms with Gasteiger partial charge in [0.25, 0.3) is 5.56 Å². The predicted molar refractivity (Wildman–Crippen MR) is 134 cm³/mol. The molecule has 1 fully saturated rings. The first-order valence-electron chi connectivity index (χ1n) is 11.6. The third-order valence-corrected chi connectivity index (χ3v) is 6.47. The maximum atomic E-state index is 13.0. The highest BCUT2D eigenvalue weighted by atomic mass is 35.5. The summed E-state index contributed by atoms with van der Waals surface area (Å²) < 4.78 is 7.18. The first kappa shape index (κ1) is 24.1. The first-order chi connectivity index (χ1) is 16.0. The van der Waals surface area contributed by atoms with E-state index in [-0.39, 0.29) is 11.6 Å². The second kappa shape index (κ2) is 9.33. The van der Waals surface area contributed by atoms with Gasteiger partial charge in [-0.25, -0.2) is 9.31 Å². The molecule has 0 radical (unpaired) electrons. The Morgan fingerprint density at radius 3 is 2.74 bits per heavy atom. The molecule has 1 aliphatic heterocycles. The summed E-state index contributed by atoms with van der Waals surface area (Å²) in [7, 11) is 0. The molecular weight excluding hydrogens is 454 g/mol. The first-order valence-corrected chi connectivity index (χ1v) is 12.0. The van der Waals surface area contributed by atoms with Crippen LogP contribution in [0.5, 0.6) is 0 Å². The second-order valence-corrected chi connectivity index (χ2v) is 10.3. The Balaban J connectivity index is 1.72. The number of rotatable bonds is 4. The lowest BCUT2D eigenvalue weighted by molar-refractivity contribution is 0.0500. The van der Waals surface area contributed by atoms with Gasteiger partial charge in [0.1, 0.15) is 11.1 Å². The molecule has 2 aromatic heterocycles. The monoisotopic (exact) mass is 485 g/mol. The molecule has 0 spiro atoms. The average molecular weight is 486 g/mol. The molecule has 1 saturated heterocycles. The summed E-state index contributed by atoms with van der Waals surface area (Å²) in [5.41, 5.74) is 3.21. The Morgan fingerprint density at radius 2 is 2.03 bits per heavy atom. The molecule has 1 aliphatic rings. The molecule has 8 nitrogen and oxygen atoms in total. The van der Waals surface area contributed by atoms with Crippen LogP contribution in [0.15, 0.2) is 29.1 Å². The van der Waals surface area contributed by atoms with E-state index in [1.165, 1.54) is 0 Å². The highest BCUT2D eigenvalue weighted by molar-refractivity contribution is 6.31. The van der Waals surface area contributed by atoms with Gasteiger partial charge in [0.05, 0.1) is 5.69 Å². The third-order valence-electron chi connectivity index (χ3n) is 6.11. The van der Waals surface area contributed by atoms with Crippen LogP contribution in [0, 0.1) is 13.8 Å². The minimum Gasteiger partial charge on any atom is -0.444 e. The summed E-state index contributed by atoms with van der Waals surface area (Å²) in [4.78, 5) is 30.5. The zero-order valence-electron chi connectivity index (χ0n) is 20.4. The normalized spacial score (nSPS) is 16.6. The van der Waals surface area contributed by atoms with E-state index >= 15 is 0 Å². The van der Waals surface area contributed by atoms with E-state index in [2.05, 4.69) is 15.2 Å². The van der Waals surface area contributed by atoms with E-state index in [1.54, 1.807) is 4.52 Å². The topological polar surface area (TPSA) is 91.7 Å². The molecule has 1 amide bonds. The highest BCUT2D eigenvalue weighted by Crippen LogP contribution is 2.30. The molecular formula is C25H32ClN5O3. The van der Waals surface area contributed by atoms with Gasteiger partial charge >= 0.3 is 6.09 Å². The number of ether oxygens (including phenoxy) is 1. The van der Waals surface area contributed by atoms with Gasteiger partial charge in [-0.2, -0.15) is 0 Å². The minimum atomic E-state index is -0.557. The minimum absolute atomic E-state index is 0.0808. The van der Waals surface area contributed by atoms with Crippen LogP contribution < -0.4 is 15.8 Å². The number of hydrogen-bond acceptors (Lipinski definition) is 5. The summed E-state index contributed by atoms with van der Waals surface area (Å²) in [5.74, 6) is 0.745. The molecule has 34 heavy (non-hydrogen) atoms. The van der Waals surface area contributed by atoms with Crippen LogP contribution in [0.4, 0.5) is 10.6 Å². The zero-order valence-corrected chi connectivity index (χ0v) is 21.1. The molecule has 3 heterocycles. The summed E-state index contributed by atoms with van der Waals surface area (Å²) in [6.07, 6.45) is 1.79. The van der Waals surface area contributed by atoms with Crippen LogP contribution in [0.25, 0.3) is 5.52 Å². The lowest BCUT2D eigenvalue weighted by atomic mass is 10.0. The van der Waals surface area contributed by atoms with E-state index < -0.39 is 11.7 Å². The smallest absolute Gasteiger partial charge is 0.407 e. The van der Waals surface area contributed by atoms with Crippen LogP contribution in [0.2, 0.25) is 5.02 Å². The summed E-state index contributed by atoms with van der Waals surface area (Å²) in [5, 5.41) is 8.53. The fourth-order valence-corrected chi connectivity index (χ4v) is 4.61. The number of aromatic nitrogens is 3. The molecule has 0 saturated carbocycles. The molecule has 3 aromatic rings. The number of amides is 1. The van der Waals surface area contributed by atoms with Crippen molar-refractivity contribution >= 4 is 29.0 Å². The zero-order chi connectivity index (χ0) is 24.6. The van der Waals surface area contributed by atoms with Crippen molar-refractivity contribution in [3.05, 3.63) is 62.2 Å². The van der Waals surface area contributed by atoms with E-state index in [9.17, 15) is 9.59 Å². The molecule has 0 aliphatic carbocycles. The third kappa shape index (κ3) is 5.06. The van der Waals surface area contributed by atoms with Gasteiger partial charge < -0.3 is 19.9 Å². The number of nitrogens with zero attached hydrogens (tertiary/aromatic N) is 3. The van der Waals surface area contributed by atoms with Gasteiger partial charge in [-0.15, -0.1) is 5.10 Å². The maximum Gasteiger partial charge on any atom is 0.407 e. The van der Waals surface area contributed by atoms with Crippen molar-refractivity contribution in [1.82, 2.24) is 19.9 Å². The van der Waals surface area contributed by atoms with Crippen LogP contribution in [0.3, 0.4) is 0 Å². The highest BCUT2D eigenvalue weighted by Gasteiger charge is 2.29. The fourth-order valence-electron chi connectivity index (χ4n) is 4.40. The Labute approximate surface area is 204 Å². The van der Waals surface area contributed by atoms with Crippen LogP contribution >= 0.6 is 11.6 Å². The van der Waals surface area contributed by atoms with Crippen molar-refractivity contribution in [1.29, 1.82) is 0 Å². The Hall–Kier alpha value is -3.00. The summed E-state index contributed by atoms with van der Waals surface area (Å²) in [6, 6.07) is 7.56. The van der Waals surface area contributed by atoms with Crippen LogP contribution in [-0.4, -0.2) is 45.4 Å². The molecule has 1 unspecified atom stereocenters. The van der Waals surface area contributed by atoms with Crippen molar-refractivity contribution in [2.75, 3.05) is 18.0 Å². The number of hydrogen-bond donors (Lipinski definition) is 2. The molecule has 1 atom stereocenters. The number of carbonyl (C=O) groups is 1. The molecule has 2 N–H and O–H groups in total. The largest absolute Gasteiger partial charge is 0.444 e. The van der Waals surface area contributed by atoms with Gasteiger partial charge in [-0.1, -0.05) is 29.8 Å². The van der Waals surface area contributed by atoms with Gasteiger partial charge in [-0.3, -0.25) is 4.79 Å². The molecule has 4 rings (SSSR count). The summed E-state index contributed by atoms with van der Waals surface area (Å²) in [6.45, 7) is 10.7. The van der Waals surface area contributed by atoms with E-state index in [0.29, 0.717) is 23.5 Å². The number of halogens is 1. The van der Waals surface area contributed by atoms with E-state index in [1.807, 2.05) is 58.9 Å². The summed E-state index contributed by atoms with van der Waals surface area (Å²) >= 11 is 6.47. The number of carbonyl (C=O) groups excluding carboxylic acids is 1. The van der Waals surface area contributed by atoms with Gasteiger partial charge in [0.15, 0.2) is 5.82 Å². The Bertz CT molecular complexity index is 1270. The number of anilines is 1. The molecule has 182 valence electrons. The van der Waals surface area contributed by atoms with Crippen molar-refractivity contribution in [3.8, 4) is 0 Å². The van der Waals surface area contributed by atoms with Gasteiger partial charge in [0, 0.05) is 41.8 Å². The molecule has 0 bridgehead atoms. The Kier molecular flexibility index (Phi) is 6.62. The Morgan fingerprint density at radius 1 is 1.29 bits per heavy atom. The van der Waals surface area contributed by atoms with Gasteiger partial charge in [0.2, 0.25) is 0 Å². The van der Waals surface area contributed by atoms with Crippen molar-refractivity contribution in [2.45, 2.75) is 65.5 Å². The van der Waals surface area contributed by atoms with Crippen LogP contribution in [-0.2, 0) is 11.2 Å². The van der Waals surface area contributed by atoms with Gasteiger partial charge in [-0.05, 0) is 59.1 Å². The SMILES string of the molecule is Cc1[nH]c(=O)c2c(Cc3ccccc3Cl)c(N3CCCC(NC(=O)OC(C)(C)C)C3)nn2c1C. The quantitative estimate of drug-likeness (QED) is 0.572. The number of nitrogens with one attached hydrogen (secondary N) is 2. The second-order valence-electron chi connectivity index (χ2n) is 9.93. The van der Waals surface area contributed by atoms with Crippen molar-refractivity contribution < 1.29 is 9.53 Å². The lowest BCUT2D eigenvalue weighted by Gasteiger charge is -2.34. The maximum absolute atomic E-state index is 13.0. The van der Waals surface area contributed by atoms with E-state index in [4.69, 9.17) is 21.4 Å². The van der Waals surface area contributed by atoms with Crippen LogP contribution in [0.1, 0.15) is 56.1 Å².